The van der Waals surface area contributed by atoms with Crippen LogP contribution in [-0.2, 0) is 0 Å². The monoisotopic (exact) mass is 1740 g/mol. The molecule has 0 unspecified atom stereocenters. The van der Waals surface area contributed by atoms with Gasteiger partial charge in [0.05, 0.1) is 32.9 Å². The Hall–Kier alpha value is -17.8. The summed E-state index contributed by atoms with van der Waals surface area (Å²) in [6.45, 7) is 0. The van der Waals surface area contributed by atoms with E-state index in [4.69, 9.17) is 29.7 Å². The molecule has 26 aromatic carbocycles. The van der Waals surface area contributed by atoms with Crippen molar-refractivity contribution in [3.8, 4) is 89.0 Å². The van der Waals surface area contributed by atoms with E-state index in [1.165, 1.54) is 0 Å². The van der Waals surface area contributed by atoms with Gasteiger partial charge >= 0.3 is 0 Å². The number of para-hydroxylation sites is 3. The van der Waals surface area contributed by atoms with E-state index in [0.29, 0.717) is 116 Å². The van der Waals surface area contributed by atoms with E-state index in [1.807, 2.05) is 255 Å². The summed E-state index contributed by atoms with van der Waals surface area (Å²) in [5.41, 5.74) is 12.6. The van der Waals surface area contributed by atoms with E-state index in [2.05, 4.69) is 66.7 Å². The van der Waals surface area contributed by atoms with Gasteiger partial charge in [-0.2, -0.15) is 0 Å². The predicted molar refractivity (Wildman–Crippen MR) is 575 cm³/mol. The van der Waals surface area contributed by atoms with Crippen LogP contribution in [0.15, 0.2) is 498 Å². The summed E-state index contributed by atoms with van der Waals surface area (Å²) in [6.07, 6.45) is 0. The van der Waals surface area contributed by atoms with Crippen molar-refractivity contribution in [2.75, 3.05) is 0 Å². The molecule has 29 aromatic rings. The first-order chi connectivity index (χ1) is 77.0. The molecule has 0 aliphatic rings. The van der Waals surface area contributed by atoms with Crippen LogP contribution in [0.5, 0.6) is 0 Å². The summed E-state index contributed by atoms with van der Waals surface area (Å²) < 4.78 is 237. The SMILES string of the molecule is [2H]c1c([2H])c([2H])c2c(-c3cccc4oc5ccccc5c34)c3c([2H])c([2H])c([2H])c([2H])c3c(-c3ccc(-c4cc5ccccc5c5ccccc45)cc3)c2c1[2H].[2H]c1c([2H])c([2H])c2c(-c3cccc4oc5ccccc5c34)c3c([2H])c([2H])c([2H])c([2H])c3c(-c3ccc(-c4cccc5c4ccc4ccccc45)cc3)c2c1[2H].[2H]c1c([2H])c([2H])c2c(-c3cccc4oc5ccccc5c34)c3c([2H])c([2H])c([2H])c([2H])c3c(-c3ccc4ccc5ccccc5c4c3)c2c1[2H]. The van der Waals surface area contributed by atoms with Crippen LogP contribution in [0.2, 0.25) is 0 Å². The molecule has 0 radical (unpaired) electrons. The van der Waals surface area contributed by atoms with E-state index in [0.717, 1.165) is 103 Å². The molecule has 0 saturated heterocycles. The van der Waals surface area contributed by atoms with Gasteiger partial charge in [0.2, 0.25) is 0 Å². The van der Waals surface area contributed by atoms with E-state index in [9.17, 15) is 16.4 Å². The molecule has 3 nitrogen and oxygen atoms in total. The van der Waals surface area contributed by atoms with Gasteiger partial charge in [0, 0.05) is 32.3 Å². The standard InChI is InChI=1S/2C46H28O.C40H24O/c1-2-12-32-29(11-1)27-28-35-33(18-9-19-34(32)35)30-23-25-31(26-24-30)44-36-13-3-5-15-38(36)45(39-16-6-4-14-37(39)44)41-20-10-22-43-46(41)40-17-7-8-21-42(40)47-43;1-2-13-32-31(12-1)28-41(34-15-4-3-14-33(32)34)29-24-26-30(27-25-29)44-35-16-5-7-18-37(35)45(38-19-8-6-17-36(38)44)40-21-11-23-43-46(40)39-20-9-10-22-42(39)47-43;1-2-11-28-25(10-1)20-21-26-22-23-27(24-35(26)28)38-29-12-3-5-14-31(29)39(32-15-6-4-13-30(32)38)34-17-9-19-37-40(34)33-16-7-8-18-36(33)41-37/h2*1-28H;1-24H/i3D,4D,5D,6D,13D,14D,15D,16D;5D,6D,7D,8D,16D,17D,18D,19D;3D,4D,5D,6D,12D,13D,14D,15D. The van der Waals surface area contributed by atoms with Crippen LogP contribution in [0, 0.1) is 0 Å². The summed E-state index contributed by atoms with van der Waals surface area (Å²) in [5, 5.41) is 19.3. The highest BCUT2D eigenvalue weighted by molar-refractivity contribution is 6.31. The highest BCUT2D eigenvalue weighted by Gasteiger charge is 2.26. The third-order valence-electron chi connectivity index (χ3n) is 26.7. The Morgan fingerprint density at radius 1 is 0.133 bits per heavy atom. The molecule has 3 heterocycles. The maximum atomic E-state index is 9.39. The number of rotatable bonds is 8. The fourth-order valence-corrected chi connectivity index (χ4v) is 20.9. The maximum absolute atomic E-state index is 9.39. The van der Waals surface area contributed by atoms with Gasteiger partial charge in [-0.1, -0.05) is 436 Å². The molecule has 0 amide bonds. The lowest BCUT2D eigenvalue weighted by molar-refractivity contribution is 0.668. The average molecular weight is 1740 g/mol. The molecule has 626 valence electrons. The molecule has 135 heavy (non-hydrogen) atoms. The Balaban J connectivity index is 0.000000116. The van der Waals surface area contributed by atoms with Crippen molar-refractivity contribution in [2.24, 2.45) is 0 Å². The van der Waals surface area contributed by atoms with Gasteiger partial charge in [-0.3, -0.25) is 0 Å². The zero-order valence-corrected chi connectivity index (χ0v) is 71.6. The number of fused-ring (bicyclic) bond motifs is 24. The van der Waals surface area contributed by atoms with Crippen LogP contribution in [0.1, 0.15) is 32.9 Å². The normalized spacial score (nSPS) is 14.3. The zero-order valence-electron chi connectivity index (χ0n) is 95.6. The van der Waals surface area contributed by atoms with E-state index >= 15 is 0 Å². The lowest BCUT2D eigenvalue weighted by Gasteiger charge is -2.18. The van der Waals surface area contributed by atoms with Gasteiger partial charge in [0.15, 0.2) is 0 Å². The smallest absolute Gasteiger partial charge is 0.136 e. The van der Waals surface area contributed by atoms with E-state index in [1.54, 1.807) is 18.2 Å². The summed E-state index contributed by atoms with van der Waals surface area (Å²) in [5.74, 6) is 0. The summed E-state index contributed by atoms with van der Waals surface area (Å²) in [7, 11) is 0. The maximum Gasteiger partial charge on any atom is 0.136 e. The van der Waals surface area contributed by atoms with Gasteiger partial charge in [-0.05, 0) is 267 Å². The highest BCUT2D eigenvalue weighted by Crippen LogP contribution is 2.53. The fraction of sp³-hybridized carbons (Fsp3) is 0. The number of furan rings is 3. The van der Waals surface area contributed by atoms with Crippen molar-refractivity contribution >= 4 is 195 Å². The van der Waals surface area contributed by atoms with Crippen LogP contribution >= 0.6 is 0 Å². The molecule has 0 saturated carbocycles. The van der Waals surface area contributed by atoms with Crippen molar-refractivity contribution in [2.45, 2.75) is 0 Å². The highest BCUT2D eigenvalue weighted by atomic mass is 16.3. The summed E-state index contributed by atoms with van der Waals surface area (Å²) in [4.78, 5) is 0. The minimum absolute atomic E-state index is 0.168. The first kappa shape index (κ1) is 56.6. The topological polar surface area (TPSA) is 39.4 Å². The van der Waals surface area contributed by atoms with Crippen molar-refractivity contribution in [1.29, 1.82) is 0 Å². The Morgan fingerprint density at radius 3 is 0.778 bits per heavy atom. The molecule has 0 aliphatic heterocycles. The second kappa shape index (κ2) is 31.5. The molecule has 0 N–H and O–H groups in total. The minimum atomic E-state index is -0.437. The van der Waals surface area contributed by atoms with Gasteiger partial charge in [0.1, 0.15) is 33.5 Å². The lowest BCUT2D eigenvalue weighted by atomic mass is 9.84. The third kappa shape index (κ3) is 12.5. The largest absolute Gasteiger partial charge is 0.456 e. The van der Waals surface area contributed by atoms with Crippen molar-refractivity contribution in [3.63, 3.8) is 0 Å². The van der Waals surface area contributed by atoms with E-state index in [-0.39, 0.29) is 137 Å². The summed E-state index contributed by atoms with van der Waals surface area (Å²) in [6, 6.07) is 101. The quantitative estimate of drug-likeness (QED) is 0.112. The third-order valence-corrected chi connectivity index (χ3v) is 26.7. The molecule has 0 fully saturated rings. The van der Waals surface area contributed by atoms with Gasteiger partial charge in [0.25, 0.3) is 0 Å². The van der Waals surface area contributed by atoms with Crippen LogP contribution in [0.25, 0.3) is 284 Å². The molecule has 0 atom stereocenters. The Bertz CT molecular complexity index is 11300. The van der Waals surface area contributed by atoms with Gasteiger partial charge < -0.3 is 13.3 Å². The predicted octanol–water partition coefficient (Wildman–Crippen LogP) is 37.9. The molecular weight excluding hydrogens is 1630 g/mol. The van der Waals surface area contributed by atoms with Crippen LogP contribution in [0.4, 0.5) is 0 Å². The molecule has 3 heteroatoms. The molecule has 3 aromatic heterocycles. The van der Waals surface area contributed by atoms with Crippen LogP contribution in [0.3, 0.4) is 0 Å². The molecule has 29 rings (SSSR count). The second-order valence-corrected chi connectivity index (χ2v) is 33.8. The Kier molecular flexibility index (Phi) is 13.2. The average Bonchev–Trinajstić information content (AvgIpc) is 1.53. The fourth-order valence-electron chi connectivity index (χ4n) is 20.9. The Morgan fingerprint density at radius 2 is 0.378 bits per heavy atom. The van der Waals surface area contributed by atoms with Crippen LogP contribution in [-0.4, -0.2) is 0 Å². The molecule has 0 spiro atoms. The van der Waals surface area contributed by atoms with Crippen molar-refractivity contribution in [3.05, 3.63) is 485 Å². The molecular formula is C132H80O3. The second-order valence-electron chi connectivity index (χ2n) is 33.8. The van der Waals surface area contributed by atoms with Crippen molar-refractivity contribution in [1.82, 2.24) is 0 Å². The Labute approximate surface area is 810 Å². The number of benzene rings is 26. The van der Waals surface area contributed by atoms with Gasteiger partial charge in [-0.15, -0.1) is 0 Å². The molecule has 0 bridgehead atoms. The zero-order chi connectivity index (χ0) is 110. The first-order valence-electron chi connectivity index (χ1n) is 56.5. The lowest BCUT2D eigenvalue weighted by Crippen LogP contribution is -1.91. The molecule has 0 aliphatic carbocycles. The minimum Gasteiger partial charge on any atom is -0.456 e. The van der Waals surface area contributed by atoms with Gasteiger partial charge in [-0.25, -0.2) is 0 Å². The van der Waals surface area contributed by atoms with E-state index < -0.39 is 72.5 Å². The first-order valence-corrected chi connectivity index (χ1v) is 44.5. The summed E-state index contributed by atoms with van der Waals surface area (Å²) >= 11 is 0. The number of hydrogen-bond acceptors (Lipinski definition) is 3. The number of hydrogen-bond donors (Lipinski definition) is 0. The van der Waals surface area contributed by atoms with Crippen LogP contribution < -0.4 is 0 Å². The van der Waals surface area contributed by atoms with Crippen molar-refractivity contribution < 1.29 is 46.1 Å².